The summed E-state index contributed by atoms with van der Waals surface area (Å²) in [4.78, 5) is 12.0. The van der Waals surface area contributed by atoms with Crippen LogP contribution < -0.4 is 0 Å². The molecule has 5 heteroatoms. The lowest BCUT2D eigenvalue weighted by molar-refractivity contribution is -0.129. The van der Waals surface area contributed by atoms with Crippen LogP contribution in [-0.2, 0) is 18.4 Å². The highest BCUT2D eigenvalue weighted by Gasteiger charge is 2.26. The Morgan fingerprint density at radius 2 is 2.00 bits per heavy atom. The van der Waals surface area contributed by atoms with Gasteiger partial charge in [-0.2, -0.15) is 10.2 Å². The predicted octanol–water partition coefficient (Wildman–Crippen LogP) is 1.56. The lowest BCUT2D eigenvalue weighted by Gasteiger charge is -2.11. The lowest BCUT2D eigenvalue weighted by Crippen LogP contribution is -2.19. The van der Waals surface area contributed by atoms with E-state index in [0.717, 1.165) is 17.0 Å². The van der Waals surface area contributed by atoms with E-state index >= 15 is 0 Å². The molecule has 0 radical (unpaired) electrons. The Balaban J connectivity index is 1.82. The van der Waals surface area contributed by atoms with E-state index in [0.29, 0.717) is 13.0 Å². The Labute approximate surface area is 111 Å². The molecule has 19 heavy (non-hydrogen) atoms. The quantitative estimate of drug-likeness (QED) is 0.834. The van der Waals surface area contributed by atoms with Crippen LogP contribution in [-0.4, -0.2) is 26.4 Å². The van der Waals surface area contributed by atoms with Crippen LogP contribution in [0.4, 0.5) is 0 Å². The first-order chi connectivity index (χ1) is 9.24. The van der Waals surface area contributed by atoms with Gasteiger partial charge in [0.2, 0.25) is 5.91 Å². The summed E-state index contributed by atoms with van der Waals surface area (Å²) in [5.74, 6) is 0.0278. The van der Waals surface area contributed by atoms with Crippen molar-refractivity contribution >= 4 is 11.6 Å². The van der Waals surface area contributed by atoms with Crippen molar-refractivity contribution < 1.29 is 4.79 Å². The number of hydrazone groups is 1. The number of aryl methyl sites for hydroxylation is 1. The highest BCUT2D eigenvalue weighted by atomic mass is 16.2. The molecule has 0 unspecified atom stereocenters. The normalized spacial score (nSPS) is 14.9. The van der Waals surface area contributed by atoms with Crippen molar-refractivity contribution in [2.75, 3.05) is 0 Å². The van der Waals surface area contributed by atoms with Gasteiger partial charge in [-0.15, -0.1) is 0 Å². The van der Waals surface area contributed by atoms with Crippen molar-refractivity contribution in [3.63, 3.8) is 0 Å². The zero-order chi connectivity index (χ0) is 13.2. The van der Waals surface area contributed by atoms with E-state index in [4.69, 9.17) is 0 Å². The molecule has 0 saturated heterocycles. The Morgan fingerprint density at radius 1 is 1.21 bits per heavy atom. The third-order valence-electron chi connectivity index (χ3n) is 3.14. The maximum atomic E-state index is 12.0. The van der Waals surface area contributed by atoms with Crippen LogP contribution in [0.15, 0.2) is 47.7 Å². The largest absolute Gasteiger partial charge is 0.272 e. The molecule has 0 bridgehead atoms. The van der Waals surface area contributed by atoms with Crippen molar-refractivity contribution in [1.82, 2.24) is 14.8 Å². The summed E-state index contributed by atoms with van der Waals surface area (Å²) in [6, 6.07) is 11.7. The summed E-state index contributed by atoms with van der Waals surface area (Å²) in [5, 5.41) is 10.0. The van der Waals surface area contributed by atoms with E-state index in [1.54, 1.807) is 10.9 Å². The van der Waals surface area contributed by atoms with E-state index in [1.807, 2.05) is 43.4 Å². The molecule has 0 fully saturated rings. The van der Waals surface area contributed by atoms with Crippen LogP contribution in [0, 0.1) is 0 Å². The van der Waals surface area contributed by atoms with Crippen LogP contribution in [0.25, 0.3) is 0 Å². The number of hydrogen-bond acceptors (Lipinski definition) is 3. The van der Waals surface area contributed by atoms with Crippen molar-refractivity contribution in [3.8, 4) is 0 Å². The van der Waals surface area contributed by atoms with Crippen molar-refractivity contribution in [2.45, 2.75) is 13.0 Å². The summed E-state index contributed by atoms with van der Waals surface area (Å²) in [5.41, 5.74) is 2.75. The van der Waals surface area contributed by atoms with Crippen molar-refractivity contribution in [3.05, 3.63) is 53.9 Å². The molecule has 0 spiro atoms. The fourth-order valence-electron chi connectivity index (χ4n) is 2.15. The molecule has 1 aliphatic rings. The maximum absolute atomic E-state index is 12.0. The minimum absolute atomic E-state index is 0.0278. The molecule has 3 rings (SSSR count). The van der Waals surface area contributed by atoms with Gasteiger partial charge in [0.25, 0.3) is 0 Å². The second kappa shape index (κ2) is 4.68. The highest BCUT2D eigenvalue weighted by Crippen LogP contribution is 2.17. The number of nitrogens with zero attached hydrogens (tertiary/aromatic N) is 4. The van der Waals surface area contributed by atoms with E-state index in [-0.39, 0.29) is 5.91 Å². The number of rotatable bonds is 3. The van der Waals surface area contributed by atoms with Gasteiger partial charge in [0.15, 0.2) is 0 Å². The second-order valence-electron chi connectivity index (χ2n) is 4.50. The number of hydrogen-bond donors (Lipinski definition) is 0. The molecule has 1 aliphatic heterocycles. The summed E-state index contributed by atoms with van der Waals surface area (Å²) < 4.78 is 1.73. The van der Waals surface area contributed by atoms with Gasteiger partial charge in [-0.3, -0.25) is 9.48 Å². The zero-order valence-electron chi connectivity index (χ0n) is 10.7. The minimum Gasteiger partial charge on any atom is -0.272 e. The topological polar surface area (TPSA) is 50.5 Å². The smallest absolute Gasteiger partial charge is 0.249 e. The summed E-state index contributed by atoms with van der Waals surface area (Å²) >= 11 is 0. The van der Waals surface area contributed by atoms with Gasteiger partial charge in [-0.05, 0) is 11.6 Å². The Hall–Kier alpha value is -2.43. The van der Waals surface area contributed by atoms with Crippen LogP contribution >= 0.6 is 0 Å². The number of carbonyl (C=O) groups excluding carboxylic acids is 1. The fourth-order valence-corrected chi connectivity index (χ4v) is 2.15. The highest BCUT2D eigenvalue weighted by molar-refractivity contribution is 6.12. The Kier molecular flexibility index (Phi) is 2.87. The van der Waals surface area contributed by atoms with Gasteiger partial charge in [-0.1, -0.05) is 30.3 Å². The van der Waals surface area contributed by atoms with Crippen molar-refractivity contribution in [1.29, 1.82) is 0 Å². The van der Waals surface area contributed by atoms with E-state index in [1.165, 1.54) is 5.01 Å². The molecule has 0 aliphatic carbocycles. The third kappa shape index (κ3) is 2.27. The molecular weight excluding hydrogens is 240 g/mol. The molecule has 96 valence electrons. The molecule has 1 aromatic carbocycles. The van der Waals surface area contributed by atoms with Gasteiger partial charge in [0.1, 0.15) is 0 Å². The van der Waals surface area contributed by atoms with Gasteiger partial charge >= 0.3 is 0 Å². The van der Waals surface area contributed by atoms with Crippen molar-refractivity contribution in [2.24, 2.45) is 12.1 Å². The Bertz CT molecular complexity index is 630. The first-order valence-corrected chi connectivity index (χ1v) is 6.14. The number of amides is 1. The number of aromatic nitrogens is 2. The molecule has 1 aromatic heterocycles. The summed E-state index contributed by atoms with van der Waals surface area (Å²) in [6.07, 6.45) is 2.05. The monoisotopic (exact) mass is 254 g/mol. The van der Waals surface area contributed by atoms with E-state index in [2.05, 4.69) is 10.2 Å². The van der Waals surface area contributed by atoms with Gasteiger partial charge < -0.3 is 0 Å². The van der Waals surface area contributed by atoms with Crippen LogP contribution in [0.1, 0.15) is 17.7 Å². The average Bonchev–Trinajstić information content (AvgIpc) is 2.98. The predicted molar refractivity (Wildman–Crippen MR) is 71.4 cm³/mol. The molecule has 0 N–H and O–H groups in total. The molecular formula is C14H14N4O. The minimum atomic E-state index is 0.0278. The fraction of sp³-hybridized carbons (Fsp3) is 0.214. The third-order valence-corrected chi connectivity index (χ3v) is 3.14. The lowest BCUT2D eigenvalue weighted by atomic mass is 10.2. The SMILES string of the molecule is Cn1nccc1C1=NN(Cc2ccccc2)C(=O)C1. The standard InChI is InChI=1S/C14H14N4O/c1-17-13(7-8-15-17)12-9-14(19)18(16-12)10-11-5-3-2-4-6-11/h2-8H,9-10H2,1H3. The first kappa shape index (κ1) is 11.6. The Morgan fingerprint density at radius 3 is 2.68 bits per heavy atom. The van der Waals surface area contributed by atoms with Crippen LogP contribution in [0.2, 0.25) is 0 Å². The number of benzene rings is 1. The van der Waals surface area contributed by atoms with Crippen LogP contribution in [0.5, 0.6) is 0 Å². The molecule has 2 heterocycles. The molecule has 2 aromatic rings. The molecule has 1 amide bonds. The molecule has 0 atom stereocenters. The van der Waals surface area contributed by atoms with Gasteiger partial charge in [0.05, 0.1) is 24.4 Å². The molecule has 5 nitrogen and oxygen atoms in total. The summed E-state index contributed by atoms with van der Waals surface area (Å²) in [6.45, 7) is 0.515. The maximum Gasteiger partial charge on any atom is 0.249 e. The van der Waals surface area contributed by atoms with Gasteiger partial charge in [-0.25, -0.2) is 5.01 Å². The zero-order valence-corrected chi connectivity index (χ0v) is 10.7. The average molecular weight is 254 g/mol. The second-order valence-corrected chi connectivity index (χ2v) is 4.50. The first-order valence-electron chi connectivity index (χ1n) is 6.14. The van der Waals surface area contributed by atoms with E-state index < -0.39 is 0 Å². The van der Waals surface area contributed by atoms with Gasteiger partial charge in [0, 0.05) is 13.2 Å². The molecule has 0 saturated carbocycles. The number of carbonyl (C=O) groups is 1. The summed E-state index contributed by atoms with van der Waals surface area (Å²) in [7, 11) is 1.85. The van der Waals surface area contributed by atoms with E-state index in [9.17, 15) is 4.79 Å². The van der Waals surface area contributed by atoms with Crippen LogP contribution in [0.3, 0.4) is 0 Å².